The summed E-state index contributed by atoms with van der Waals surface area (Å²) in [5.74, 6) is -0.332. The highest BCUT2D eigenvalue weighted by molar-refractivity contribution is 7.79. The average molecular weight is 400 g/mol. The molecule has 1 atom stereocenters. The maximum atomic E-state index is 12.2. The van der Waals surface area contributed by atoms with E-state index >= 15 is 0 Å². The molecule has 1 unspecified atom stereocenters. The van der Waals surface area contributed by atoms with Crippen LogP contribution in [0.25, 0.3) is 0 Å². The van der Waals surface area contributed by atoms with Gasteiger partial charge in [-0.15, -0.1) is 0 Å². The monoisotopic (exact) mass is 399 g/mol. The maximum Gasteiger partial charge on any atom is 0.278 e. The van der Waals surface area contributed by atoms with Crippen molar-refractivity contribution in [1.82, 2.24) is 15.4 Å². The first-order valence-corrected chi connectivity index (χ1v) is 9.19. The van der Waals surface area contributed by atoms with E-state index < -0.39 is 17.0 Å². The number of carbonyl (C=O) groups is 1. The highest BCUT2D eigenvalue weighted by Gasteiger charge is 2.15. The molecule has 1 amide bonds. The highest BCUT2D eigenvalue weighted by atomic mass is 35.5. The number of aromatic nitrogens is 2. The third kappa shape index (κ3) is 5.63. The number of rotatable bonds is 8. The number of pyridine rings is 2. The summed E-state index contributed by atoms with van der Waals surface area (Å²) >= 11 is 3.90. The van der Waals surface area contributed by atoms with E-state index in [9.17, 15) is 9.00 Å². The first-order valence-electron chi connectivity index (χ1n) is 7.54. The Morgan fingerprint density at radius 2 is 2.15 bits per heavy atom. The predicted molar refractivity (Wildman–Crippen MR) is 99.9 cm³/mol. The minimum atomic E-state index is -2.04. The predicted octanol–water partition coefficient (Wildman–Crippen LogP) is 2.45. The Balaban J connectivity index is 2.34. The van der Waals surface area contributed by atoms with Gasteiger partial charge >= 0.3 is 0 Å². The van der Waals surface area contributed by atoms with Crippen molar-refractivity contribution in [1.29, 1.82) is 0 Å². The minimum Gasteiger partial charge on any atom is -0.355 e. The lowest BCUT2D eigenvalue weighted by Crippen LogP contribution is -2.24. The fourth-order valence-electron chi connectivity index (χ4n) is 1.97. The lowest BCUT2D eigenvalue weighted by molar-refractivity contribution is 0.0365. The van der Waals surface area contributed by atoms with Crippen LogP contribution < -0.4 is 16.1 Å². The summed E-state index contributed by atoms with van der Waals surface area (Å²) in [7, 11) is 0. The molecule has 0 fully saturated rings. The second-order valence-electron chi connectivity index (χ2n) is 5.03. The van der Waals surface area contributed by atoms with Crippen LogP contribution in [-0.4, -0.2) is 37.1 Å². The van der Waals surface area contributed by atoms with Crippen molar-refractivity contribution in [3.05, 3.63) is 40.8 Å². The molecule has 9 nitrogen and oxygen atoms in total. The topological polar surface area (TPSA) is 125 Å². The number of nitrogens with one attached hydrogen (secondary N) is 3. The van der Waals surface area contributed by atoms with Gasteiger partial charge in [0.15, 0.2) is 16.9 Å². The average Bonchev–Trinajstić information content (AvgIpc) is 2.60. The Labute approximate surface area is 157 Å². The summed E-state index contributed by atoms with van der Waals surface area (Å²) in [6.45, 7) is 3.83. The molecule has 2 rings (SSSR count). The molecule has 0 aliphatic carbocycles. The van der Waals surface area contributed by atoms with E-state index in [2.05, 4.69) is 26.1 Å². The number of amides is 1. The number of halogens is 1. The van der Waals surface area contributed by atoms with Crippen LogP contribution >= 0.6 is 11.6 Å². The maximum absolute atomic E-state index is 12.2. The van der Waals surface area contributed by atoms with Crippen LogP contribution in [-0.2, 0) is 15.9 Å². The molecule has 11 heteroatoms. The van der Waals surface area contributed by atoms with Gasteiger partial charge in [0.25, 0.3) is 5.91 Å². The number of aryl methyl sites for hydroxylation is 1. The molecule has 0 aromatic carbocycles. The molecule has 2 aromatic rings. The largest absolute Gasteiger partial charge is 0.355 e. The zero-order valence-corrected chi connectivity index (χ0v) is 15.6. The summed E-state index contributed by atoms with van der Waals surface area (Å²) in [6.07, 6.45) is 1.32. The van der Waals surface area contributed by atoms with Crippen molar-refractivity contribution in [2.75, 3.05) is 23.1 Å². The molecule has 0 saturated heterocycles. The van der Waals surface area contributed by atoms with Gasteiger partial charge in [-0.05, 0) is 32.0 Å². The molecule has 0 bridgehead atoms. The molecule has 0 saturated carbocycles. The second kappa shape index (κ2) is 9.43. The van der Waals surface area contributed by atoms with Crippen molar-refractivity contribution in [2.24, 2.45) is 0 Å². The van der Waals surface area contributed by atoms with Crippen molar-refractivity contribution in [3.8, 4) is 0 Å². The second-order valence-corrected chi connectivity index (χ2v) is 6.35. The van der Waals surface area contributed by atoms with Gasteiger partial charge in [0.2, 0.25) is 0 Å². The number of anilines is 3. The number of hydrogen-bond donors (Lipinski definition) is 4. The van der Waals surface area contributed by atoms with Crippen LogP contribution in [0.2, 0.25) is 5.15 Å². The van der Waals surface area contributed by atoms with E-state index in [1.807, 2.05) is 0 Å². The molecule has 26 heavy (non-hydrogen) atoms. The fraction of sp³-hybridized carbons (Fsp3) is 0.267. The van der Waals surface area contributed by atoms with Gasteiger partial charge in [0.1, 0.15) is 11.0 Å². The Bertz CT molecular complexity index is 821. The molecule has 0 aliphatic heterocycles. The van der Waals surface area contributed by atoms with Gasteiger partial charge in [0, 0.05) is 11.9 Å². The normalized spacial score (nSPS) is 11.7. The van der Waals surface area contributed by atoms with Gasteiger partial charge in [-0.25, -0.2) is 19.7 Å². The SMILES string of the molecule is CCONC(=O)c1cnc(Cl)cc1Nc1ccc(C)nc1NCS(=O)O. The molecule has 0 aliphatic rings. The van der Waals surface area contributed by atoms with E-state index in [4.69, 9.17) is 21.0 Å². The third-order valence-electron chi connectivity index (χ3n) is 3.09. The van der Waals surface area contributed by atoms with Gasteiger partial charge in [-0.3, -0.25) is 9.63 Å². The van der Waals surface area contributed by atoms with E-state index in [1.54, 1.807) is 26.0 Å². The molecule has 4 N–H and O–H groups in total. The molecule has 0 spiro atoms. The molecule has 0 radical (unpaired) electrons. The Hall–Kier alpha value is -2.27. The van der Waals surface area contributed by atoms with E-state index in [1.165, 1.54) is 12.3 Å². The number of nitrogens with zero attached hydrogens (tertiary/aromatic N) is 2. The van der Waals surface area contributed by atoms with Crippen molar-refractivity contribution < 1.29 is 18.4 Å². The lowest BCUT2D eigenvalue weighted by atomic mass is 10.2. The first-order chi connectivity index (χ1) is 12.4. The standard InChI is InChI=1S/C15H18ClN5O4S/c1-3-25-21-15(22)10-7-17-13(16)6-12(10)20-11-5-4-9(2)19-14(11)18-8-26(23)24/h4-7H,3,8H2,1-2H3,(H,17,20)(H,18,19)(H,21,22)(H,23,24). The lowest BCUT2D eigenvalue weighted by Gasteiger charge is -2.15. The van der Waals surface area contributed by atoms with E-state index in [0.29, 0.717) is 29.5 Å². The van der Waals surface area contributed by atoms with E-state index in [-0.39, 0.29) is 16.6 Å². The van der Waals surface area contributed by atoms with Crippen molar-refractivity contribution >= 4 is 45.8 Å². The number of hydrogen-bond acceptors (Lipinski definition) is 7. The molecule has 140 valence electrons. The van der Waals surface area contributed by atoms with Crippen LogP contribution in [0, 0.1) is 6.92 Å². The van der Waals surface area contributed by atoms with Crippen LogP contribution in [0.15, 0.2) is 24.4 Å². The van der Waals surface area contributed by atoms with Crippen molar-refractivity contribution in [3.63, 3.8) is 0 Å². The quantitative estimate of drug-likeness (QED) is 0.303. The summed E-state index contributed by atoms with van der Waals surface area (Å²) < 4.78 is 19.9. The summed E-state index contributed by atoms with van der Waals surface area (Å²) in [5.41, 5.74) is 4.08. The summed E-state index contributed by atoms with van der Waals surface area (Å²) in [6, 6.07) is 4.96. The molecule has 2 aromatic heterocycles. The molecular formula is C15H18ClN5O4S. The van der Waals surface area contributed by atoms with Crippen LogP contribution in [0.5, 0.6) is 0 Å². The van der Waals surface area contributed by atoms with Gasteiger partial charge in [-0.2, -0.15) is 0 Å². The minimum absolute atomic E-state index is 0.187. The Morgan fingerprint density at radius 3 is 2.85 bits per heavy atom. The van der Waals surface area contributed by atoms with Gasteiger partial charge < -0.3 is 15.2 Å². The van der Waals surface area contributed by atoms with Gasteiger partial charge in [0.05, 0.1) is 23.5 Å². The van der Waals surface area contributed by atoms with Gasteiger partial charge in [-0.1, -0.05) is 11.6 Å². The third-order valence-corrected chi connectivity index (χ3v) is 3.69. The Kier molecular flexibility index (Phi) is 7.27. The number of hydroxylamine groups is 1. The van der Waals surface area contributed by atoms with Crippen LogP contribution in [0.4, 0.5) is 17.2 Å². The van der Waals surface area contributed by atoms with Crippen molar-refractivity contribution in [2.45, 2.75) is 13.8 Å². The summed E-state index contributed by atoms with van der Waals surface area (Å²) in [5, 5.41) is 6.00. The first kappa shape index (κ1) is 20.0. The smallest absolute Gasteiger partial charge is 0.278 e. The molecular weight excluding hydrogens is 382 g/mol. The zero-order chi connectivity index (χ0) is 19.1. The summed E-state index contributed by atoms with van der Waals surface area (Å²) in [4.78, 5) is 25.3. The zero-order valence-electron chi connectivity index (χ0n) is 14.1. The number of carbonyl (C=O) groups excluding carboxylic acids is 1. The highest BCUT2D eigenvalue weighted by Crippen LogP contribution is 2.27. The van der Waals surface area contributed by atoms with Crippen LogP contribution in [0.1, 0.15) is 23.0 Å². The van der Waals surface area contributed by atoms with E-state index in [0.717, 1.165) is 0 Å². The van der Waals surface area contributed by atoms with Crippen LogP contribution in [0.3, 0.4) is 0 Å². The fourth-order valence-corrected chi connectivity index (χ4v) is 2.39. The molecule has 2 heterocycles. The Morgan fingerprint density at radius 1 is 1.38 bits per heavy atom.